The average molecular weight is 316 g/mol. The minimum atomic E-state index is -0.305. The van der Waals surface area contributed by atoms with Gasteiger partial charge in [0.25, 0.3) is 0 Å². The SMILES string of the molecule is Cc1cc(NC(=O)[C@@H](C)Sc2nc3ccccc3n2C)on1. The van der Waals surface area contributed by atoms with E-state index in [0.29, 0.717) is 5.88 Å². The maximum atomic E-state index is 12.2. The first-order valence-electron chi connectivity index (χ1n) is 6.87. The number of hydrogen-bond donors (Lipinski definition) is 1. The molecule has 2 heterocycles. The molecule has 114 valence electrons. The molecule has 3 rings (SSSR count). The first kappa shape index (κ1) is 14.6. The highest BCUT2D eigenvalue weighted by Crippen LogP contribution is 2.26. The Labute approximate surface area is 131 Å². The molecule has 0 saturated heterocycles. The Balaban J connectivity index is 1.73. The molecule has 0 radical (unpaired) electrons. The molecule has 0 aliphatic heterocycles. The van der Waals surface area contributed by atoms with Crippen molar-refractivity contribution < 1.29 is 9.32 Å². The molecule has 0 aliphatic carbocycles. The van der Waals surface area contributed by atoms with Gasteiger partial charge >= 0.3 is 0 Å². The van der Waals surface area contributed by atoms with Crippen LogP contribution in [0.3, 0.4) is 0 Å². The number of hydrogen-bond acceptors (Lipinski definition) is 5. The molecule has 0 saturated carbocycles. The van der Waals surface area contributed by atoms with Gasteiger partial charge in [-0.1, -0.05) is 29.1 Å². The van der Waals surface area contributed by atoms with E-state index in [1.54, 1.807) is 13.0 Å². The fraction of sp³-hybridized carbons (Fsp3) is 0.267. The quantitative estimate of drug-likeness (QED) is 0.749. The standard InChI is InChI=1S/C15H16N4O2S/c1-9-8-13(21-18-9)17-14(20)10(2)22-15-16-11-6-4-5-7-12(11)19(15)3/h4-8,10H,1-3H3,(H,17,20)/t10-/m1/s1. The van der Waals surface area contributed by atoms with Crippen molar-refractivity contribution in [1.82, 2.24) is 14.7 Å². The highest BCUT2D eigenvalue weighted by molar-refractivity contribution is 8.00. The van der Waals surface area contributed by atoms with E-state index in [1.807, 2.05) is 42.8 Å². The summed E-state index contributed by atoms with van der Waals surface area (Å²) in [7, 11) is 1.95. The summed E-state index contributed by atoms with van der Waals surface area (Å²) in [6.07, 6.45) is 0. The topological polar surface area (TPSA) is 73.0 Å². The molecule has 22 heavy (non-hydrogen) atoms. The number of carbonyl (C=O) groups excluding carboxylic acids is 1. The summed E-state index contributed by atoms with van der Waals surface area (Å²) in [6.45, 7) is 3.64. The molecule has 1 N–H and O–H groups in total. The second-order valence-electron chi connectivity index (χ2n) is 5.02. The largest absolute Gasteiger partial charge is 0.338 e. The van der Waals surface area contributed by atoms with Crippen LogP contribution in [-0.4, -0.2) is 25.9 Å². The number of carbonyl (C=O) groups is 1. The number of benzene rings is 1. The minimum Gasteiger partial charge on any atom is -0.338 e. The van der Waals surface area contributed by atoms with Crippen molar-refractivity contribution in [3.05, 3.63) is 36.0 Å². The fourth-order valence-electron chi connectivity index (χ4n) is 2.09. The predicted octanol–water partition coefficient (Wildman–Crippen LogP) is 2.99. The second-order valence-corrected chi connectivity index (χ2v) is 6.33. The number of thioether (sulfide) groups is 1. The van der Waals surface area contributed by atoms with Gasteiger partial charge in [0.15, 0.2) is 5.16 Å². The summed E-state index contributed by atoms with van der Waals surface area (Å²) in [5, 5.41) is 6.95. The Bertz CT molecular complexity index is 824. The lowest BCUT2D eigenvalue weighted by Crippen LogP contribution is -2.22. The number of fused-ring (bicyclic) bond motifs is 1. The van der Waals surface area contributed by atoms with Crippen molar-refractivity contribution in [1.29, 1.82) is 0 Å². The number of rotatable bonds is 4. The van der Waals surface area contributed by atoms with Crippen molar-refractivity contribution in [2.75, 3.05) is 5.32 Å². The third-order valence-corrected chi connectivity index (χ3v) is 4.42. The molecular weight excluding hydrogens is 300 g/mol. The van der Waals surface area contributed by atoms with Crippen LogP contribution >= 0.6 is 11.8 Å². The zero-order valence-corrected chi connectivity index (χ0v) is 13.3. The first-order chi connectivity index (χ1) is 10.5. The summed E-state index contributed by atoms with van der Waals surface area (Å²) in [5.41, 5.74) is 2.69. The highest BCUT2D eigenvalue weighted by Gasteiger charge is 2.19. The van der Waals surface area contributed by atoms with Crippen LogP contribution in [-0.2, 0) is 11.8 Å². The van der Waals surface area contributed by atoms with Gasteiger partial charge in [-0.3, -0.25) is 10.1 Å². The van der Waals surface area contributed by atoms with Crippen LogP contribution in [0.4, 0.5) is 5.88 Å². The normalized spacial score (nSPS) is 12.5. The molecule has 0 aliphatic rings. The van der Waals surface area contributed by atoms with E-state index < -0.39 is 0 Å². The molecule has 0 bridgehead atoms. The van der Waals surface area contributed by atoms with Gasteiger partial charge in [0.1, 0.15) is 0 Å². The third kappa shape index (κ3) is 2.85. The average Bonchev–Trinajstić information content (AvgIpc) is 3.04. The van der Waals surface area contributed by atoms with Crippen molar-refractivity contribution in [2.24, 2.45) is 7.05 Å². The minimum absolute atomic E-state index is 0.145. The van der Waals surface area contributed by atoms with Crippen molar-refractivity contribution >= 4 is 34.6 Å². The van der Waals surface area contributed by atoms with Gasteiger partial charge < -0.3 is 9.09 Å². The van der Waals surface area contributed by atoms with Crippen LogP contribution < -0.4 is 5.32 Å². The van der Waals surface area contributed by atoms with E-state index in [1.165, 1.54) is 11.8 Å². The lowest BCUT2D eigenvalue weighted by molar-refractivity contribution is -0.115. The molecule has 2 aromatic heterocycles. The van der Waals surface area contributed by atoms with E-state index in [9.17, 15) is 4.79 Å². The number of anilines is 1. The molecule has 0 unspecified atom stereocenters. The van der Waals surface area contributed by atoms with E-state index in [4.69, 9.17) is 4.52 Å². The van der Waals surface area contributed by atoms with Crippen LogP contribution in [0.15, 0.2) is 40.0 Å². The van der Waals surface area contributed by atoms with Gasteiger partial charge in [0.2, 0.25) is 11.8 Å². The Kier molecular flexibility index (Phi) is 3.89. The van der Waals surface area contributed by atoms with Crippen LogP contribution in [0.1, 0.15) is 12.6 Å². The molecule has 1 aromatic carbocycles. The summed E-state index contributed by atoms with van der Waals surface area (Å²) >= 11 is 1.41. The fourth-order valence-corrected chi connectivity index (χ4v) is 2.98. The molecule has 0 spiro atoms. The van der Waals surface area contributed by atoms with Gasteiger partial charge in [-0.25, -0.2) is 4.98 Å². The Morgan fingerprint density at radius 2 is 2.18 bits per heavy atom. The third-order valence-electron chi connectivity index (χ3n) is 3.27. The molecule has 1 atom stereocenters. The number of para-hydroxylation sites is 2. The molecule has 6 nitrogen and oxygen atoms in total. The van der Waals surface area contributed by atoms with Crippen LogP contribution in [0.25, 0.3) is 11.0 Å². The summed E-state index contributed by atoms with van der Waals surface area (Å²) < 4.78 is 6.98. The summed E-state index contributed by atoms with van der Waals surface area (Å²) in [4.78, 5) is 16.8. The van der Waals surface area contributed by atoms with Gasteiger partial charge in [0.05, 0.1) is 22.0 Å². The number of aryl methyl sites for hydroxylation is 2. The van der Waals surface area contributed by atoms with Crippen LogP contribution in [0, 0.1) is 6.92 Å². The van der Waals surface area contributed by atoms with Crippen LogP contribution in [0.2, 0.25) is 0 Å². The molecular formula is C15H16N4O2S. The number of aromatic nitrogens is 3. The van der Waals surface area contributed by atoms with E-state index in [2.05, 4.69) is 15.5 Å². The number of nitrogens with one attached hydrogen (secondary N) is 1. The van der Waals surface area contributed by atoms with E-state index in [0.717, 1.165) is 21.9 Å². The molecule has 0 fully saturated rings. The van der Waals surface area contributed by atoms with Gasteiger partial charge in [-0.2, -0.15) is 0 Å². The van der Waals surface area contributed by atoms with E-state index in [-0.39, 0.29) is 11.2 Å². The Morgan fingerprint density at radius 1 is 1.41 bits per heavy atom. The summed E-state index contributed by atoms with van der Waals surface area (Å²) in [5.74, 6) is 0.216. The number of amides is 1. The zero-order valence-electron chi connectivity index (χ0n) is 12.5. The number of imidazole rings is 1. The zero-order chi connectivity index (χ0) is 15.7. The smallest absolute Gasteiger partial charge is 0.240 e. The van der Waals surface area contributed by atoms with Crippen LogP contribution in [0.5, 0.6) is 0 Å². The number of nitrogens with zero attached hydrogens (tertiary/aromatic N) is 3. The molecule has 1 amide bonds. The maximum Gasteiger partial charge on any atom is 0.240 e. The monoisotopic (exact) mass is 316 g/mol. The molecule has 3 aromatic rings. The Hall–Kier alpha value is -2.28. The lowest BCUT2D eigenvalue weighted by atomic mass is 10.3. The van der Waals surface area contributed by atoms with Crippen molar-refractivity contribution in [3.63, 3.8) is 0 Å². The van der Waals surface area contributed by atoms with E-state index >= 15 is 0 Å². The predicted molar refractivity (Wildman–Crippen MR) is 85.9 cm³/mol. The van der Waals surface area contributed by atoms with Crippen molar-refractivity contribution in [3.8, 4) is 0 Å². The second kappa shape index (κ2) is 5.84. The van der Waals surface area contributed by atoms with Gasteiger partial charge in [-0.15, -0.1) is 0 Å². The summed E-state index contributed by atoms with van der Waals surface area (Å²) in [6, 6.07) is 9.58. The lowest BCUT2D eigenvalue weighted by Gasteiger charge is -2.09. The maximum absolute atomic E-state index is 12.2. The highest BCUT2D eigenvalue weighted by atomic mass is 32.2. The first-order valence-corrected chi connectivity index (χ1v) is 7.75. The van der Waals surface area contributed by atoms with Gasteiger partial charge in [0, 0.05) is 13.1 Å². The van der Waals surface area contributed by atoms with Crippen molar-refractivity contribution in [2.45, 2.75) is 24.3 Å². The molecule has 7 heteroatoms. The van der Waals surface area contributed by atoms with Gasteiger partial charge in [-0.05, 0) is 26.0 Å². The Morgan fingerprint density at radius 3 is 2.86 bits per heavy atom.